The van der Waals surface area contributed by atoms with Crippen molar-refractivity contribution in [2.75, 3.05) is 6.61 Å². The van der Waals surface area contributed by atoms with Gasteiger partial charge in [0.2, 0.25) is 0 Å². The van der Waals surface area contributed by atoms with E-state index in [4.69, 9.17) is 0 Å². The minimum absolute atomic E-state index is 0.431. The van der Waals surface area contributed by atoms with Crippen molar-refractivity contribution in [1.29, 1.82) is 0 Å². The fourth-order valence-corrected chi connectivity index (χ4v) is 1.35. The van der Waals surface area contributed by atoms with E-state index in [0.29, 0.717) is 13.1 Å². The summed E-state index contributed by atoms with van der Waals surface area (Å²) in [4.78, 5) is 9.18. The largest absolute Gasteiger partial charge is 0.468 e. The third kappa shape index (κ3) is 3.96. The minimum Gasteiger partial charge on any atom is -0.468 e. The molecule has 0 saturated heterocycles. The van der Waals surface area contributed by atoms with E-state index in [1.54, 1.807) is 6.92 Å². The lowest BCUT2D eigenvalue weighted by Crippen LogP contribution is -1.88. The molecular formula is C10H16BrNO2. The normalized spacial score (nSPS) is 8.93. The van der Waals surface area contributed by atoms with E-state index in [1.807, 2.05) is 7.05 Å². The number of nitrogens with zero attached hydrogens (tertiary/aromatic N) is 1. The molecule has 0 spiro atoms. The summed E-state index contributed by atoms with van der Waals surface area (Å²) in [6.07, 6.45) is 0. The number of aryl methyl sites for hydroxylation is 2. The van der Waals surface area contributed by atoms with Crippen LogP contribution in [0.25, 0.3) is 0 Å². The summed E-state index contributed by atoms with van der Waals surface area (Å²) < 4.78 is 7.45. The summed E-state index contributed by atoms with van der Waals surface area (Å²) in [5, 5.41) is 0. The Balaban J connectivity index is 0.000000292. The van der Waals surface area contributed by atoms with Crippen molar-refractivity contribution in [1.82, 2.24) is 4.57 Å². The first kappa shape index (κ1) is 13.2. The number of carbonyl (C=O) groups is 1. The molecule has 0 saturated carbocycles. The molecule has 0 aromatic carbocycles. The van der Waals surface area contributed by atoms with Crippen LogP contribution in [0.15, 0.2) is 10.7 Å². The van der Waals surface area contributed by atoms with Crippen LogP contribution in [-0.4, -0.2) is 17.6 Å². The van der Waals surface area contributed by atoms with E-state index in [1.165, 1.54) is 15.9 Å². The van der Waals surface area contributed by atoms with Crippen LogP contribution >= 0.6 is 15.9 Å². The van der Waals surface area contributed by atoms with Gasteiger partial charge in [-0.05, 0) is 48.3 Å². The van der Waals surface area contributed by atoms with E-state index in [-0.39, 0.29) is 0 Å². The number of hydrogen-bond donors (Lipinski definition) is 0. The zero-order valence-electron chi connectivity index (χ0n) is 9.00. The Hall–Kier alpha value is -0.770. The molecule has 14 heavy (non-hydrogen) atoms. The van der Waals surface area contributed by atoms with Gasteiger partial charge in [0.25, 0.3) is 6.47 Å². The monoisotopic (exact) mass is 261 g/mol. The second-order valence-electron chi connectivity index (χ2n) is 2.87. The van der Waals surface area contributed by atoms with Gasteiger partial charge in [-0.2, -0.15) is 0 Å². The van der Waals surface area contributed by atoms with E-state index in [9.17, 15) is 4.79 Å². The Morgan fingerprint density at radius 3 is 2.21 bits per heavy atom. The lowest BCUT2D eigenvalue weighted by Gasteiger charge is -1.95. The average Bonchev–Trinajstić information content (AvgIpc) is 2.36. The topological polar surface area (TPSA) is 31.2 Å². The highest BCUT2D eigenvalue weighted by Gasteiger charge is 2.00. The number of ether oxygens (including phenoxy) is 1. The Bertz CT molecular complexity index is 272. The molecule has 0 aliphatic carbocycles. The maximum absolute atomic E-state index is 9.18. The Morgan fingerprint density at radius 1 is 1.57 bits per heavy atom. The predicted molar refractivity (Wildman–Crippen MR) is 60.3 cm³/mol. The van der Waals surface area contributed by atoms with Gasteiger partial charge < -0.3 is 9.30 Å². The van der Waals surface area contributed by atoms with Gasteiger partial charge in [-0.15, -0.1) is 0 Å². The molecule has 4 heteroatoms. The molecule has 0 N–H and O–H groups in total. The molecule has 0 amide bonds. The van der Waals surface area contributed by atoms with Crippen molar-refractivity contribution in [2.45, 2.75) is 20.8 Å². The molecular weight excluding hydrogens is 246 g/mol. The molecule has 0 bridgehead atoms. The first-order valence-electron chi connectivity index (χ1n) is 4.38. The van der Waals surface area contributed by atoms with Gasteiger partial charge in [0.15, 0.2) is 0 Å². The molecule has 0 fully saturated rings. The van der Waals surface area contributed by atoms with Gasteiger partial charge in [0.05, 0.1) is 11.2 Å². The smallest absolute Gasteiger partial charge is 0.293 e. The van der Waals surface area contributed by atoms with E-state index >= 15 is 0 Å². The van der Waals surface area contributed by atoms with Gasteiger partial charge >= 0.3 is 0 Å². The minimum atomic E-state index is 0.431. The van der Waals surface area contributed by atoms with Crippen molar-refractivity contribution >= 4 is 22.4 Å². The fourth-order valence-electron chi connectivity index (χ4n) is 0.957. The molecule has 0 atom stereocenters. The summed E-state index contributed by atoms with van der Waals surface area (Å²) in [5.74, 6) is 0. The summed E-state index contributed by atoms with van der Waals surface area (Å²) >= 11 is 3.46. The molecule has 1 heterocycles. The molecule has 0 aliphatic rings. The Morgan fingerprint density at radius 2 is 2.14 bits per heavy atom. The molecule has 1 aromatic rings. The van der Waals surface area contributed by atoms with Gasteiger partial charge in [0, 0.05) is 12.7 Å². The first-order valence-corrected chi connectivity index (χ1v) is 5.17. The number of rotatable bonds is 2. The van der Waals surface area contributed by atoms with Crippen LogP contribution in [0, 0.1) is 13.8 Å². The quantitative estimate of drug-likeness (QED) is 0.767. The Labute approximate surface area is 93.2 Å². The van der Waals surface area contributed by atoms with Crippen LogP contribution in [-0.2, 0) is 16.6 Å². The average molecular weight is 262 g/mol. The summed E-state index contributed by atoms with van der Waals surface area (Å²) in [6, 6.07) is 2.16. The predicted octanol–water partition coefficient (Wildman–Crippen LogP) is 2.58. The molecule has 3 nitrogen and oxygen atoms in total. The lowest BCUT2D eigenvalue weighted by atomic mass is 10.4. The van der Waals surface area contributed by atoms with Crippen LogP contribution in [0.1, 0.15) is 18.2 Å². The van der Waals surface area contributed by atoms with Gasteiger partial charge in [-0.25, -0.2) is 0 Å². The molecule has 80 valence electrons. The zero-order valence-corrected chi connectivity index (χ0v) is 10.6. The second-order valence-corrected chi connectivity index (χ2v) is 3.62. The number of hydrogen-bond acceptors (Lipinski definition) is 2. The van der Waals surface area contributed by atoms with Crippen LogP contribution < -0.4 is 0 Å². The van der Waals surface area contributed by atoms with Crippen LogP contribution in [0.2, 0.25) is 0 Å². The Kier molecular flexibility index (Phi) is 6.28. The molecule has 1 rings (SSSR count). The van der Waals surface area contributed by atoms with Crippen molar-refractivity contribution in [3.63, 3.8) is 0 Å². The maximum atomic E-state index is 9.18. The standard InChI is InChI=1S/C7H10BrN.C3H6O2/c1-5-4-6(2)9(3)7(5)8;1-2-5-3-4/h4H,1-3H3;3H,2H2,1H3. The molecule has 0 aliphatic heterocycles. The van der Waals surface area contributed by atoms with Gasteiger partial charge in [0.1, 0.15) is 0 Å². The van der Waals surface area contributed by atoms with E-state index < -0.39 is 0 Å². The number of halogens is 1. The molecule has 1 aromatic heterocycles. The maximum Gasteiger partial charge on any atom is 0.293 e. The summed E-state index contributed by atoms with van der Waals surface area (Å²) in [5.41, 5.74) is 2.59. The van der Waals surface area contributed by atoms with Crippen LogP contribution in [0.4, 0.5) is 0 Å². The number of aromatic nitrogens is 1. The second kappa shape index (κ2) is 6.65. The highest BCUT2D eigenvalue weighted by Crippen LogP contribution is 2.18. The summed E-state index contributed by atoms with van der Waals surface area (Å²) in [6.45, 7) is 6.85. The molecule has 0 radical (unpaired) electrons. The third-order valence-corrected chi connectivity index (χ3v) is 2.97. The van der Waals surface area contributed by atoms with Crippen molar-refractivity contribution in [3.8, 4) is 0 Å². The molecule has 0 unspecified atom stereocenters. The highest BCUT2D eigenvalue weighted by atomic mass is 79.9. The lowest BCUT2D eigenvalue weighted by molar-refractivity contribution is -0.128. The third-order valence-electron chi connectivity index (χ3n) is 1.81. The van der Waals surface area contributed by atoms with E-state index in [2.05, 4.69) is 45.1 Å². The SMILES string of the molecule is CCOC=O.Cc1cc(C)n(C)c1Br. The summed E-state index contributed by atoms with van der Waals surface area (Å²) in [7, 11) is 2.05. The van der Waals surface area contributed by atoms with Crippen LogP contribution in [0.5, 0.6) is 0 Å². The van der Waals surface area contributed by atoms with E-state index in [0.717, 1.165) is 0 Å². The van der Waals surface area contributed by atoms with Gasteiger partial charge in [-0.3, -0.25) is 4.79 Å². The zero-order chi connectivity index (χ0) is 11.1. The van der Waals surface area contributed by atoms with Crippen molar-refractivity contribution in [3.05, 3.63) is 21.9 Å². The van der Waals surface area contributed by atoms with Crippen molar-refractivity contribution in [2.24, 2.45) is 7.05 Å². The fraction of sp³-hybridized carbons (Fsp3) is 0.500. The highest BCUT2D eigenvalue weighted by molar-refractivity contribution is 9.10. The van der Waals surface area contributed by atoms with Crippen LogP contribution in [0.3, 0.4) is 0 Å². The number of carbonyl (C=O) groups excluding carboxylic acids is 1. The van der Waals surface area contributed by atoms with Gasteiger partial charge in [-0.1, -0.05) is 0 Å². The van der Waals surface area contributed by atoms with Crippen molar-refractivity contribution < 1.29 is 9.53 Å². The first-order chi connectivity index (χ1) is 6.54.